The van der Waals surface area contributed by atoms with Gasteiger partial charge in [0.05, 0.1) is 12.6 Å². The second kappa shape index (κ2) is 9.69. The molecule has 0 spiro atoms. The number of carbonyl (C=O) groups is 4. The molecule has 4 amide bonds. The normalized spacial score (nSPS) is 20.2. The van der Waals surface area contributed by atoms with Crippen molar-refractivity contribution in [1.29, 1.82) is 0 Å². The van der Waals surface area contributed by atoms with E-state index in [1.807, 2.05) is 0 Å². The predicted octanol–water partition coefficient (Wildman–Crippen LogP) is 2.38. The Labute approximate surface area is 216 Å². The van der Waals surface area contributed by atoms with E-state index in [-0.39, 0.29) is 41.2 Å². The molecule has 13 heteroatoms. The van der Waals surface area contributed by atoms with Gasteiger partial charge in [-0.05, 0) is 55.5 Å². The molecule has 3 heterocycles. The van der Waals surface area contributed by atoms with Gasteiger partial charge in [0, 0.05) is 17.1 Å². The van der Waals surface area contributed by atoms with Gasteiger partial charge in [-0.1, -0.05) is 17.7 Å². The minimum Gasteiger partial charge on any atom is -0.453 e. The lowest BCUT2D eigenvalue weighted by molar-refractivity contribution is -0.141. The number of hydrogen-bond acceptors (Lipinski definition) is 7. The van der Waals surface area contributed by atoms with Crippen molar-refractivity contribution in [1.82, 2.24) is 19.7 Å². The molecule has 4 N–H and O–H groups in total. The van der Waals surface area contributed by atoms with Crippen molar-refractivity contribution < 1.29 is 23.9 Å². The smallest absolute Gasteiger partial charge is 0.411 e. The van der Waals surface area contributed by atoms with E-state index in [9.17, 15) is 19.2 Å². The standard InChI is InChI=1S/C24H24ClN7O5/c1-37-24(36)27-13-6-8-16-15(10-13)20(22(26)34)30-31(16)11-19(33)32-14-7-5-12(9-14)21(32)23(35)29-18-4-2-3-17(25)28-18/h2-4,6,8,10,12,14,21H,5,7,9,11H2,1H3,(H2,26,34)(H,27,36)(H,28,29,35)/t12-,14+,21-/m0/s1. The summed E-state index contributed by atoms with van der Waals surface area (Å²) in [6.07, 6.45) is 1.72. The average Bonchev–Trinajstić information content (AvgIpc) is 3.57. The van der Waals surface area contributed by atoms with Crippen LogP contribution in [0.3, 0.4) is 0 Å². The van der Waals surface area contributed by atoms with Crippen LogP contribution in [0, 0.1) is 5.92 Å². The molecule has 0 unspecified atom stereocenters. The number of hydrogen-bond donors (Lipinski definition) is 3. The van der Waals surface area contributed by atoms with Crippen molar-refractivity contribution in [2.45, 2.75) is 37.9 Å². The SMILES string of the molecule is COC(=O)Nc1ccc2c(c1)c(C(N)=O)nn2CC(=O)N1[C@@H]2CC[C@@H](C2)[C@H]1C(=O)Nc1cccc(Cl)n1. The molecule has 0 radical (unpaired) electrons. The topological polar surface area (TPSA) is 162 Å². The molecule has 1 saturated carbocycles. The molecule has 192 valence electrons. The van der Waals surface area contributed by atoms with Gasteiger partial charge < -0.3 is 20.7 Å². The summed E-state index contributed by atoms with van der Waals surface area (Å²) in [6, 6.07) is 8.96. The molecule has 12 nitrogen and oxygen atoms in total. The molecule has 2 bridgehead atoms. The molecule has 1 aliphatic heterocycles. The number of anilines is 2. The van der Waals surface area contributed by atoms with E-state index in [0.717, 1.165) is 19.3 Å². The lowest BCUT2D eigenvalue weighted by Crippen LogP contribution is -2.52. The van der Waals surface area contributed by atoms with Crippen LogP contribution in [-0.4, -0.2) is 62.7 Å². The van der Waals surface area contributed by atoms with Gasteiger partial charge in [-0.2, -0.15) is 5.10 Å². The number of ether oxygens (including phenoxy) is 1. The van der Waals surface area contributed by atoms with E-state index in [1.165, 1.54) is 17.9 Å². The van der Waals surface area contributed by atoms with E-state index in [4.69, 9.17) is 17.3 Å². The van der Waals surface area contributed by atoms with Gasteiger partial charge in [0.1, 0.15) is 23.6 Å². The Bertz CT molecular complexity index is 1420. The maximum atomic E-state index is 13.6. The van der Waals surface area contributed by atoms with E-state index >= 15 is 0 Å². The number of halogens is 1. The van der Waals surface area contributed by atoms with Crippen LogP contribution in [0.5, 0.6) is 0 Å². The van der Waals surface area contributed by atoms with E-state index in [2.05, 4.69) is 25.5 Å². The summed E-state index contributed by atoms with van der Waals surface area (Å²) in [5.74, 6) is -1.05. The number of piperidine rings is 1. The molecule has 3 atom stereocenters. The van der Waals surface area contributed by atoms with Crippen molar-refractivity contribution in [3.8, 4) is 0 Å². The molecular weight excluding hydrogens is 502 g/mol. The summed E-state index contributed by atoms with van der Waals surface area (Å²) in [5.41, 5.74) is 6.34. The van der Waals surface area contributed by atoms with Gasteiger partial charge in [0.2, 0.25) is 11.8 Å². The lowest BCUT2D eigenvalue weighted by atomic mass is 9.97. The number of likely N-dealkylation sites (tertiary alicyclic amines) is 1. The first-order chi connectivity index (χ1) is 17.7. The Kier molecular flexibility index (Phi) is 6.42. The van der Waals surface area contributed by atoms with Crippen LogP contribution in [-0.2, 0) is 20.9 Å². The molecule has 1 saturated heterocycles. The second-order valence-corrected chi connectivity index (χ2v) is 9.41. The van der Waals surface area contributed by atoms with Crippen molar-refractivity contribution in [3.05, 3.63) is 47.2 Å². The Hall–Kier alpha value is -4.19. The maximum Gasteiger partial charge on any atom is 0.411 e. The highest BCUT2D eigenvalue weighted by Gasteiger charge is 2.51. The third kappa shape index (κ3) is 4.67. The summed E-state index contributed by atoms with van der Waals surface area (Å²) in [7, 11) is 1.23. The molecule has 2 aliphatic rings. The van der Waals surface area contributed by atoms with Gasteiger partial charge in [0.15, 0.2) is 5.69 Å². The summed E-state index contributed by atoms with van der Waals surface area (Å²) in [6.45, 7) is -0.198. The van der Waals surface area contributed by atoms with Crippen LogP contribution >= 0.6 is 11.6 Å². The quantitative estimate of drug-likeness (QED) is 0.416. The van der Waals surface area contributed by atoms with Crippen molar-refractivity contribution in [2.24, 2.45) is 11.7 Å². The number of nitrogens with two attached hydrogens (primary N) is 1. The number of fused-ring (bicyclic) bond motifs is 3. The Balaban J connectivity index is 1.41. The Morgan fingerprint density at radius 1 is 1.16 bits per heavy atom. The molecule has 3 aromatic rings. The minimum atomic E-state index is -0.780. The van der Waals surface area contributed by atoms with Crippen LogP contribution in [0.2, 0.25) is 5.15 Å². The fourth-order valence-corrected chi connectivity index (χ4v) is 5.46. The number of nitrogens with one attached hydrogen (secondary N) is 2. The monoisotopic (exact) mass is 525 g/mol. The van der Waals surface area contributed by atoms with E-state index in [1.54, 1.807) is 35.2 Å². The molecular formula is C24H24ClN7O5. The largest absolute Gasteiger partial charge is 0.453 e. The van der Waals surface area contributed by atoms with Crippen LogP contribution in [0.25, 0.3) is 10.9 Å². The van der Waals surface area contributed by atoms with Crippen molar-refractivity contribution in [2.75, 3.05) is 17.7 Å². The second-order valence-electron chi connectivity index (χ2n) is 9.03. The van der Waals surface area contributed by atoms with Gasteiger partial charge in [0.25, 0.3) is 5.91 Å². The molecule has 1 aromatic carbocycles. The van der Waals surface area contributed by atoms with Crippen molar-refractivity contribution in [3.63, 3.8) is 0 Å². The van der Waals surface area contributed by atoms with Gasteiger partial charge in [-0.25, -0.2) is 9.78 Å². The molecule has 2 aromatic heterocycles. The number of rotatable bonds is 6. The summed E-state index contributed by atoms with van der Waals surface area (Å²) < 4.78 is 5.99. The van der Waals surface area contributed by atoms with Crippen LogP contribution in [0.15, 0.2) is 36.4 Å². The number of carbonyl (C=O) groups excluding carboxylic acids is 4. The van der Waals surface area contributed by atoms with Crippen LogP contribution < -0.4 is 16.4 Å². The van der Waals surface area contributed by atoms with Gasteiger partial charge in [-0.15, -0.1) is 0 Å². The third-order valence-electron chi connectivity index (χ3n) is 6.81. The van der Waals surface area contributed by atoms with E-state index in [0.29, 0.717) is 22.4 Å². The summed E-state index contributed by atoms with van der Waals surface area (Å²) in [5, 5.41) is 10.2. The first-order valence-electron chi connectivity index (χ1n) is 11.6. The molecule has 1 aliphatic carbocycles. The van der Waals surface area contributed by atoms with Crippen molar-refractivity contribution >= 4 is 57.8 Å². The summed E-state index contributed by atoms with van der Waals surface area (Å²) in [4.78, 5) is 56.2. The highest BCUT2D eigenvalue weighted by atomic mass is 35.5. The number of methoxy groups -OCH3 is 1. The first-order valence-corrected chi connectivity index (χ1v) is 12.0. The third-order valence-corrected chi connectivity index (χ3v) is 7.02. The Morgan fingerprint density at radius 3 is 2.70 bits per heavy atom. The number of amides is 4. The molecule has 5 rings (SSSR count). The predicted molar refractivity (Wildman–Crippen MR) is 134 cm³/mol. The molecule has 2 fully saturated rings. The van der Waals surface area contributed by atoms with Gasteiger partial charge >= 0.3 is 6.09 Å². The number of aromatic nitrogens is 3. The zero-order valence-corrected chi connectivity index (χ0v) is 20.6. The number of benzene rings is 1. The Morgan fingerprint density at radius 2 is 1.97 bits per heavy atom. The molecule has 37 heavy (non-hydrogen) atoms. The van der Waals surface area contributed by atoms with Crippen LogP contribution in [0.1, 0.15) is 29.8 Å². The maximum absolute atomic E-state index is 13.6. The first kappa shape index (κ1) is 24.5. The van der Waals surface area contributed by atoms with E-state index < -0.39 is 18.0 Å². The fraction of sp³-hybridized carbons (Fsp3) is 0.333. The zero-order valence-electron chi connectivity index (χ0n) is 19.8. The number of nitrogens with zero attached hydrogens (tertiary/aromatic N) is 4. The van der Waals surface area contributed by atoms with Crippen LogP contribution in [0.4, 0.5) is 16.3 Å². The number of primary amides is 1. The number of pyridine rings is 1. The highest BCUT2D eigenvalue weighted by molar-refractivity contribution is 6.29. The minimum absolute atomic E-state index is 0.0376. The summed E-state index contributed by atoms with van der Waals surface area (Å²) >= 11 is 5.94. The lowest BCUT2D eigenvalue weighted by Gasteiger charge is -2.34. The zero-order chi connectivity index (χ0) is 26.3. The fourth-order valence-electron chi connectivity index (χ4n) is 5.30. The van der Waals surface area contributed by atoms with Gasteiger partial charge in [-0.3, -0.25) is 24.4 Å². The highest BCUT2D eigenvalue weighted by Crippen LogP contribution is 2.43. The average molecular weight is 526 g/mol.